The first-order valence-corrected chi connectivity index (χ1v) is 37.6. The summed E-state index contributed by atoms with van der Waals surface area (Å²) in [4.78, 5) is 24.6. The fraction of sp³-hybridized carbons (Fsp3) is 0.921. The summed E-state index contributed by atoms with van der Waals surface area (Å²) >= 11 is 0. The van der Waals surface area contributed by atoms with E-state index in [0.29, 0.717) is 19.4 Å². The largest absolute Gasteiger partial charge is 0.466 e. The van der Waals surface area contributed by atoms with Crippen molar-refractivity contribution in [1.29, 1.82) is 0 Å². The Labute approximate surface area is 513 Å². The van der Waals surface area contributed by atoms with Crippen LogP contribution in [0.3, 0.4) is 0 Å². The molecule has 0 aromatic rings. The van der Waals surface area contributed by atoms with E-state index in [2.05, 4.69) is 31.3 Å². The Balaban J connectivity index is 3.37. The molecule has 0 heterocycles. The van der Waals surface area contributed by atoms with E-state index in [1.165, 1.54) is 353 Å². The molecule has 0 fully saturated rings. The first-order chi connectivity index (χ1) is 40.5. The molecule has 0 aliphatic carbocycles. The van der Waals surface area contributed by atoms with Gasteiger partial charge in [0, 0.05) is 12.8 Å². The fourth-order valence-electron chi connectivity index (χ4n) is 12.0. The maximum atomic E-state index is 12.5. The number of amides is 1. The van der Waals surface area contributed by atoms with Crippen LogP contribution in [0.25, 0.3) is 0 Å². The number of rotatable bonds is 71. The van der Waals surface area contributed by atoms with Crippen molar-refractivity contribution in [2.75, 3.05) is 13.2 Å². The molecule has 486 valence electrons. The van der Waals surface area contributed by atoms with E-state index in [0.717, 1.165) is 44.9 Å². The maximum absolute atomic E-state index is 12.5. The van der Waals surface area contributed by atoms with Gasteiger partial charge in [-0.1, -0.05) is 378 Å². The van der Waals surface area contributed by atoms with Crippen LogP contribution in [-0.4, -0.2) is 47.4 Å². The minimum Gasteiger partial charge on any atom is -0.466 e. The van der Waals surface area contributed by atoms with E-state index in [1.54, 1.807) is 6.08 Å². The molecule has 82 heavy (non-hydrogen) atoms. The molecule has 0 saturated carbocycles. The minimum atomic E-state index is -0.843. The van der Waals surface area contributed by atoms with Crippen LogP contribution in [-0.2, 0) is 14.3 Å². The normalized spacial score (nSPS) is 12.6. The van der Waals surface area contributed by atoms with Gasteiger partial charge in [-0.15, -0.1) is 0 Å². The average molecular weight is 1160 g/mol. The smallest absolute Gasteiger partial charge is 0.305 e. The SMILES string of the molecule is CCCCCCC/C=C\CCCCCCCC(=O)OCCCCCCCCCCCCCCCCCCCCCCCCCCCCCCC(=O)NC(CO)C(O)/C=C/CCCCCCCCCCCCCCCCCCCCCCC. The number of hydrogen-bond acceptors (Lipinski definition) is 5. The lowest BCUT2D eigenvalue weighted by Crippen LogP contribution is -2.45. The molecule has 3 N–H and O–H groups in total. The summed E-state index contributed by atoms with van der Waals surface area (Å²) in [6.07, 6.45) is 91.3. The molecule has 0 spiro atoms. The zero-order valence-electron chi connectivity index (χ0n) is 55.8. The van der Waals surface area contributed by atoms with Gasteiger partial charge in [-0.2, -0.15) is 0 Å². The highest BCUT2D eigenvalue weighted by molar-refractivity contribution is 5.76. The Kier molecular flexibility index (Phi) is 70.4. The van der Waals surface area contributed by atoms with Gasteiger partial charge in [0.25, 0.3) is 0 Å². The monoisotopic (exact) mass is 1150 g/mol. The van der Waals surface area contributed by atoms with Crippen LogP contribution >= 0.6 is 0 Å². The van der Waals surface area contributed by atoms with Crippen LogP contribution in [0.1, 0.15) is 425 Å². The number of unbranched alkanes of at least 4 members (excludes halogenated alkanes) is 58. The molecule has 6 nitrogen and oxygen atoms in total. The number of aliphatic hydroxyl groups is 2. The molecule has 0 aromatic heterocycles. The number of ether oxygens (including phenoxy) is 1. The standard InChI is InChI=1S/C76H147NO5/c1-3-5-7-9-11-13-15-17-19-20-21-22-29-32-35-38-41-44-48-52-56-60-64-68-74(79)73(72-78)77-75(80)69-65-61-57-53-49-45-42-39-36-33-30-27-25-23-24-26-28-31-34-37-40-43-47-51-55-59-63-67-71-82-76(81)70-66-62-58-54-50-46-18-16-14-12-10-8-6-4-2/h16,18,64,68,73-74,78-79H,3-15,17,19-63,65-67,69-72H2,1-2H3,(H,77,80)/b18-16-,68-64+. The topological polar surface area (TPSA) is 95.9 Å². The van der Waals surface area contributed by atoms with Crippen molar-refractivity contribution < 1.29 is 24.5 Å². The molecule has 0 radical (unpaired) electrons. The summed E-state index contributed by atoms with van der Waals surface area (Å²) in [5, 5.41) is 23.3. The van der Waals surface area contributed by atoms with Gasteiger partial charge in [0.05, 0.1) is 25.4 Å². The maximum Gasteiger partial charge on any atom is 0.305 e. The molecule has 0 bridgehead atoms. The van der Waals surface area contributed by atoms with Crippen molar-refractivity contribution in [2.24, 2.45) is 0 Å². The summed E-state index contributed by atoms with van der Waals surface area (Å²) in [7, 11) is 0. The van der Waals surface area contributed by atoms with Gasteiger partial charge in [-0.3, -0.25) is 9.59 Å². The number of allylic oxidation sites excluding steroid dienone is 3. The number of aliphatic hydroxyl groups excluding tert-OH is 2. The average Bonchev–Trinajstić information content (AvgIpc) is 3.48. The Bertz CT molecular complexity index is 1280. The van der Waals surface area contributed by atoms with Crippen molar-refractivity contribution >= 4 is 11.9 Å². The van der Waals surface area contributed by atoms with E-state index < -0.39 is 12.1 Å². The van der Waals surface area contributed by atoms with Gasteiger partial charge in [0.15, 0.2) is 0 Å². The number of carbonyl (C=O) groups is 2. The van der Waals surface area contributed by atoms with Gasteiger partial charge < -0.3 is 20.3 Å². The Morgan fingerprint density at radius 2 is 0.573 bits per heavy atom. The van der Waals surface area contributed by atoms with Crippen LogP contribution in [0.15, 0.2) is 24.3 Å². The number of esters is 1. The Morgan fingerprint density at radius 1 is 0.329 bits per heavy atom. The van der Waals surface area contributed by atoms with Crippen molar-refractivity contribution in [3.63, 3.8) is 0 Å². The molecule has 0 aliphatic heterocycles. The first kappa shape index (κ1) is 80.3. The van der Waals surface area contributed by atoms with Crippen LogP contribution in [0.4, 0.5) is 0 Å². The quantitative estimate of drug-likeness (QED) is 0.0320. The molecule has 2 atom stereocenters. The highest BCUT2D eigenvalue weighted by Gasteiger charge is 2.18. The number of carbonyl (C=O) groups excluding carboxylic acids is 2. The molecular weight excluding hydrogens is 1010 g/mol. The lowest BCUT2D eigenvalue weighted by Gasteiger charge is -2.20. The summed E-state index contributed by atoms with van der Waals surface area (Å²) in [6.45, 7) is 4.94. The van der Waals surface area contributed by atoms with Gasteiger partial charge in [0.1, 0.15) is 0 Å². The Hall–Kier alpha value is -1.66. The molecule has 0 aromatic carbocycles. The molecule has 0 rings (SSSR count). The van der Waals surface area contributed by atoms with E-state index >= 15 is 0 Å². The van der Waals surface area contributed by atoms with E-state index in [-0.39, 0.29) is 18.5 Å². The predicted molar refractivity (Wildman–Crippen MR) is 361 cm³/mol. The lowest BCUT2D eigenvalue weighted by atomic mass is 10.0. The van der Waals surface area contributed by atoms with Crippen molar-refractivity contribution in [1.82, 2.24) is 5.32 Å². The fourth-order valence-corrected chi connectivity index (χ4v) is 12.0. The third kappa shape index (κ3) is 67.5. The minimum absolute atomic E-state index is 0.0108. The lowest BCUT2D eigenvalue weighted by molar-refractivity contribution is -0.143. The number of nitrogens with one attached hydrogen (secondary N) is 1. The van der Waals surface area contributed by atoms with E-state index in [9.17, 15) is 19.8 Å². The van der Waals surface area contributed by atoms with Crippen LogP contribution in [0.2, 0.25) is 0 Å². The van der Waals surface area contributed by atoms with Crippen molar-refractivity contribution in [3.8, 4) is 0 Å². The third-order valence-corrected chi connectivity index (χ3v) is 17.7. The highest BCUT2D eigenvalue weighted by Crippen LogP contribution is 2.19. The molecule has 2 unspecified atom stereocenters. The van der Waals surface area contributed by atoms with Gasteiger partial charge in [0.2, 0.25) is 5.91 Å². The van der Waals surface area contributed by atoms with Crippen LogP contribution < -0.4 is 5.32 Å². The highest BCUT2D eigenvalue weighted by atomic mass is 16.5. The summed E-state index contributed by atoms with van der Waals surface area (Å²) < 4.78 is 5.49. The van der Waals surface area contributed by atoms with Crippen LogP contribution in [0.5, 0.6) is 0 Å². The second kappa shape index (κ2) is 71.8. The van der Waals surface area contributed by atoms with Crippen molar-refractivity contribution in [3.05, 3.63) is 24.3 Å². The predicted octanol–water partition coefficient (Wildman–Crippen LogP) is 24.5. The summed E-state index contributed by atoms with van der Waals surface area (Å²) in [5.74, 6) is -0.0492. The van der Waals surface area contributed by atoms with Gasteiger partial charge in [-0.05, 0) is 57.8 Å². The van der Waals surface area contributed by atoms with Gasteiger partial charge in [-0.25, -0.2) is 0 Å². The first-order valence-electron chi connectivity index (χ1n) is 37.6. The summed E-state index contributed by atoms with van der Waals surface area (Å²) in [5.41, 5.74) is 0. The Morgan fingerprint density at radius 3 is 0.866 bits per heavy atom. The number of hydrogen-bond donors (Lipinski definition) is 3. The van der Waals surface area contributed by atoms with Crippen LogP contribution in [0, 0.1) is 0 Å². The second-order valence-corrected chi connectivity index (χ2v) is 26.0. The molecule has 0 aliphatic rings. The van der Waals surface area contributed by atoms with E-state index in [1.807, 2.05) is 6.08 Å². The molecular formula is C76H147NO5. The zero-order valence-corrected chi connectivity index (χ0v) is 55.8. The molecule has 0 saturated heterocycles. The van der Waals surface area contributed by atoms with Gasteiger partial charge >= 0.3 is 5.97 Å². The molecule has 6 heteroatoms. The molecule has 1 amide bonds. The van der Waals surface area contributed by atoms with Crippen molar-refractivity contribution in [2.45, 2.75) is 437 Å². The van der Waals surface area contributed by atoms with E-state index in [4.69, 9.17) is 4.74 Å². The summed E-state index contributed by atoms with van der Waals surface area (Å²) in [6, 6.07) is -0.627. The zero-order chi connectivity index (χ0) is 59.2. The second-order valence-electron chi connectivity index (χ2n) is 26.0. The third-order valence-electron chi connectivity index (χ3n) is 17.7.